The first-order valence-corrected chi connectivity index (χ1v) is 5.38. The van der Waals surface area contributed by atoms with Gasteiger partial charge >= 0.3 is 0 Å². The van der Waals surface area contributed by atoms with Gasteiger partial charge in [0.05, 0.1) is 11.7 Å². The second-order valence-electron chi connectivity index (χ2n) is 4.11. The van der Waals surface area contributed by atoms with E-state index in [1.165, 1.54) is 16.5 Å². The molecule has 0 unspecified atom stereocenters. The Morgan fingerprint density at radius 3 is 2.87 bits per heavy atom. The van der Waals surface area contributed by atoms with E-state index in [-0.39, 0.29) is 0 Å². The van der Waals surface area contributed by atoms with Crippen LogP contribution in [0.15, 0.2) is 24.4 Å². The Kier molecular flexibility index (Phi) is 2.73. The Hall–Kier alpha value is -1.35. The molecule has 1 aromatic carbocycles. The van der Waals surface area contributed by atoms with Crippen LogP contribution in [-0.2, 0) is 6.42 Å². The van der Waals surface area contributed by atoms with Crippen molar-refractivity contribution in [2.75, 3.05) is 6.54 Å². The van der Waals surface area contributed by atoms with Crippen molar-refractivity contribution in [1.29, 1.82) is 0 Å². The van der Waals surface area contributed by atoms with Crippen molar-refractivity contribution in [3.63, 3.8) is 0 Å². The lowest BCUT2D eigenvalue weighted by molar-refractivity contribution is 0.551. The Morgan fingerprint density at radius 2 is 2.20 bits per heavy atom. The minimum atomic E-state index is 0.405. The zero-order valence-corrected chi connectivity index (χ0v) is 9.27. The van der Waals surface area contributed by atoms with Gasteiger partial charge in [0.15, 0.2) is 0 Å². The normalized spacial score (nSPS) is 11.5. The molecule has 0 aliphatic rings. The van der Waals surface area contributed by atoms with E-state index in [2.05, 4.69) is 37.1 Å². The fourth-order valence-corrected chi connectivity index (χ4v) is 1.84. The smallest absolute Gasteiger partial charge is 0.0685 e. The van der Waals surface area contributed by atoms with E-state index in [9.17, 15) is 0 Å². The maximum Gasteiger partial charge on any atom is 0.0685 e. The summed E-state index contributed by atoms with van der Waals surface area (Å²) in [4.78, 5) is 0. The average Bonchev–Trinajstić information content (AvgIpc) is 2.61. The summed E-state index contributed by atoms with van der Waals surface area (Å²) in [5.74, 6) is 0. The molecule has 2 rings (SSSR count). The molecule has 0 spiro atoms. The lowest BCUT2D eigenvalue weighted by Crippen LogP contribution is -2.03. The first-order valence-electron chi connectivity index (χ1n) is 5.38. The topological polar surface area (TPSA) is 43.8 Å². The molecule has 0 aliphatic carbocycles. The van der Waals surface area contributed by atoms with Gasteiger partial charge in [0.2, 0.25) is 0 Å². The average molecular weight is 203 g/mol. The molecule has 0 atom stereocenters. The summed E-state index contributed by atoms with van der Waals surface area (Å²) < 4.78 is 2.04. The maximum absolute atomic E-state index is 5.54. The molecule has 0 saturated heterocycles. The summed E-state index contributed by atoms with van der Waals surface area (Å²) >= 11 is 0. The zero-order valence-electron chi connectivity index (χ0n) is 9.27. The molecule has 0 radical (unpaired) electrons. The predicted molar refractivity (Wildman–Crippen MR) is 62.9 cm³/mol. The number of hydrogen-bond donors (Lipinski definition) is 1. The van der Waals surface area contributed by atoms with Gasteiger partial charge in [-0.05, 0) is 44.5 Å². The number of aromatic nitrogens is 2. The minimum Gasteiger partial charge on any atom is -0.330 e. The van der Waals surface area contributed by atoms with Crippen molar-refractivity contribution >= 4 is 10.9 Å². The summed E-state index contributed by atoms with van der Waals surface area (Å²) in [6.45, 7) is 4.98. The van der Waals surface area contributed by atoms with Crippen LogP contribution in [0.3, 0.4) is 0 Å². The van der Waals surface area contributed by atoms with Crippen molar-refractivity contribution in [2.45, 2.75) is 26.3 Å². The van der Waals surface area contributed by atoms with Gasteiger partial charge in [-0.25, -0.2) is 0 Å². The van der Waals surface area contributed by atoms with Gasteiger partial charge in [0, 0.05) is 11.4 Å². The number of nitrogens with zero attached hydrogens (tertiary/aromatic N) is 2. The van der Waals surface area contributed by atoms with Crippen molar-refractivity contribution < 1.29 is 0 Å². The lowest BCUT2D eigenvalue weighted by atomic mass is 10.1. The fourth-order valence-electron chi connectivity index (χ4n) is 1.84. The Morgan fingerprint density at radius 1 is 1.40 bits per heavy atom. The number of fused-ring (bicyclic) bond motifs is 1. The Balaban J connectivity index is 2.47. The van der Waals surface area contributed by atoms with E-state index >= 15 is 0 Å². The van der Waals surface area contributed by atoms with Crippen molar-refractivity contribution in [3.05, 3.63) is 30.0 Å². The van der Waals surface area contributed by atoms with Crippen LogP contribution < -0.4 is 5.73 Å². The van der Waals surface area contributed by atoms with Crippen LogP contribution in [0.2, 0.25) is 0 Å². The van der Waals surface area contributed by atoms with Gasteiger partial charge in [-0.3, -0.25) is 4.68 Å². The van der Waals surface area contributed by atoms with Gasteiger partial charge in [-0.15, -0.1) is 0 Å². The SMILES string of the molecule is CC(C)n1ncc2cc(CCN)ccc21. The minimum absolute atomic E-state index is 0.405. The van der Waals surface area contributed by atoms with Crippen molar-refractivity contribution in [2.24, 2.45) is 5.73 Å². The van der Waals surface area contributed by atoms with Gasteiger partial charge in [-0.2, -0.15) is 5.10 Å². The molecule has 2 N–H and O–H groups in total. The first-order chi connectivity index (χ1) is 7.22. The van der Waals surface area contributed by atoms with Crippen LogP contribution in [0.5, 0.6) is 0 Å². The standard InChI is InChI=1S/C12H17N3/c1-9(2)15-12-4-3-10(5-6-13)7-11(12)8-14-15/h3-4,7-9H,5-6,13H2,1-2H3. The third kappa shape index (κ3) is 1.88. The van der Waals surface area contributed by atoms with E-state index in [4.69, 9.17) is 5.73 Å². The van der Waals surface area contributed by atoms with E-state index < -0.39 is 0 Å². The Labute approximate surface area is 89.9 Å². The monoisotopic (exact) mass is 203 g/mol. The molecule has 0 fully saturated rings. The van der Waals surface area contributed by atoms with Crippen LogP contribution in [0.25, 0.3) is 10.9 Å². The molecular formula is C12H17N3. The number of hydrogen-bond acceptors (Lipinski definition) is 2. The molecule has 1 heterocycles. The van der Waals surface area contributed by atoms with Gasteiger partial charge in [-0.1, -0.05) is 6.07 Å². The third-order valence-corrected chi connectivity index (χ3v) is 2.58. The van der Waals surface area contributed by atoms with Crippen molar-refractivity contribution in [1.82, 2.24) is 9.78 Å². The summed E-state index contributed by atoms with van der Waals surface area (Å²) in [5.41, 5.74) is 8.02. The Bertz CT molecular complexity index is 457. The first kappa shape index (κ1) is 10.2. The van der Waals surface area contributed by atoms with Gasteiger partial charge in [0.25, 0.3) is 0 Å². The van der Waals surface area contributed by atoms with E-state index in [1.807, 2.05) is 10.9 Å². The molecular weight excluding hydrogens is 186 g/mol. The van der Waals surface area contributed by atoms with E-state index in [0.29, 0.717) is 12.6 Å². The zero-order chi connectivity index (χ0) is 10.8. The maximum atomic E-state index is 5.54. The molecule has 0 bridgehead atoms. The van der Waals surface area contributed by atoms with Crippen LogP contribution in [-0.4, -0.2) is 16.3 Å². The summed E-state index contributed by atoms with van der Waals surface area (Å²) in [5, 5.41) is 5.58. The third-order valence-electron chi connectivity index (χ3n) is 2.58. The highest BCUT2D eigenvalue weighted by Gasteiger charge is 2.05. The van der Waals surface area contributed by atoms with Crippen LogP contribution in [0.1, 0.15) is 25.5 Å². The summed E-state index contributed by atoms with van der Waals surface area (Å²) in [6, 6.07) is 6.85. The summed E-state index contributed by atoms with van der Waals surface area (Å²) in [7, 11) is 0. The highest BCUT2D eigenvalue weighted by Crippen LogP contribution is 2.19. The molecule has 80 valence electrons. The number of rotatable bonds is 3. The second-order valence-corrected chi connectivity index (χ2v) is 4.11. The highest BCUT2D eigenvalue weighted by molar-refractivity contribution is 5.79. The molecule has 15 heavy (non-hydrogen) atoms. The molecule has 2 aromatic rings. The summed E-state index contributed by atoms with van der Waals surface area (Å²) in [6.07, 6.45) is 2.86. The van der Waals surface area contributed by atoms with E-state index in [0.717, 1.165) is 6.42 Å². The quantitative estimate of drug-likeness (QED) is 0.830. The van der Waals surface area contributed by atoms with Crippen LogP contribution >= 0.6 is 0 Å². The predicted octanol–water partition coefficient (Wildman–Crippen LogP) is 2.12. The largest absolute Gasteiger partial charge is 0.330 e. The number of benzene rings is 1. The molecule has 0 aliphatic heterocycles. The molecule has 0 amide bonds. The van der Waals surface area contributed by atoms with E-state index in [1.54, 1.807) is 0 Å². The fraction of sp³-hybridized carbons (Fsp3) is 0.417. The van der Waals surface area contributed by atoms with Gasteiger partial charge < -0.3 is 5.73 Å². The molecule has 3 nitrogen and oxygen atoms in total. The number of nitrogens with two attached hydrogens (primary N) is 1. The lowest BCUT2D eigenvalue weighted by Gasteiger charge is -2.07. The molecule has 3 heteroatoms. The second kappa shape index (κ2) is 4.03. The highest BCUT2D eigenvalue weighted by atomic mass is 15.3. The van der Waals surface area contributed by atoms with Crippen LogP contribution in [0, 0.1) is 0 Å². The molecule has 1 aromatic heterocycles. The van der Waals surface area contributed by atoms with Gasteiger partial charge in [0.1, 0.15) is 0 Å². The van der Waals surface area contributed by atoms with Crippen LogP contribution in [0.4, 0.5) is 0 Å². The molecule has 0 saturated carbocycles. The van der Waals surface area contributed by atoms with Crippen molar-refractivity contribution in [3.8, 4) is 0 Å².